The Bertz CT molecular complexity index is 430. The normalized spacial score (nSPS) is 11.4. The molecular weight excluding hydrogens is 240 g/mol. The van der Waals surface area contributed by atoms with Crippen LogP contribution in [-0.4, -0.2) is 30.1 Å². The van der Waals surface area contributed by atoms with Crippen LogP contribution in [0.15, 0.2) is 24.3 Å². The SMILES string of the molecule is CCN(Cc1ccccc1N)C(=O)CC(C)(C)OC. The van der Waals surface area contributed by atoms with Gasteiger partial charge in [0, 0.05) is 25.9 Å². The number of carbonyl (C=O) groups is 1. The van der Waals surface area contributed by atoms with Crippen molar-refractivity contribution in [2.24, 2.45) is 0 Å². The fourth-order valence-corrected chi connectivity index (χ4v) is 1.81. The highest BCUT2D eigenvalue weighted by Crippen LogP contribution is 2.18. The Morgan fingerprint density at radius 1 is 1.37 bits per heavy atom. The van der Waals surface area contributed by atoms with Crippen molar-refractivity contribution in [1.82, 2.24) is 4.90 Å². The van der Waals surface area contributed by atoms with Gasteiger partial charge in [0.15, 0.2) is 0 Å². The largest absolute Gasteiger partial charge is 0.398 e. The first-order valence-electron chi connectivity index (χ1n) is 6.56. The Morgan fingerprint density at radius 2 is 2.00 bits per heavy atom. The van der Waals surface area contributed by atoms with Crippen molar-refractivity contribution in [3.63, 3.8) is 0 Å². The number of para-hydroxylation sites is 1. The molecule has 0 unspecified atom stereocenters. The molecule has 0 saturated heterocycles. The molecule has 4 nitrogen and oxygen atoms in total. The van der Waals surface area contributed by atoms with Crippen molar-refractivity contribution in [3.8, 4) is 0 Å². The lowest BCUT2D eigenvalue weighted by molar-refractivity contribution is -0.136. The Balaban J connectivity index is 2.74. The molecule has 0 radical (unpaired) electrons. The highest BCUT2D eigenvalue weighted by Gasteiger charge is 2.24. The molecule has 1 amide bonds. The van der Waals surface area contributed by atoms with E-state index in [4.69, 9.17) is 10.5 Å². The molecule has 106 valence electrons. The van der Waals surface area contributed by atoms with E-state index in [0.29, 0.717) is 19.5 Å². The first-order chi connectivity index (χ1) is 8.89. The lowest BCUT2D eigenvalue weighted by Gasteiger charge is -2.27. The minimum absolute atomic E-state index is 0.0811. The number of hydrogen-bond donors (Lipinski definition) is 1. The van der Waals surface area contributed by atoms with Crippen LogP contribution in [0.1, 0.15) is 32.8 Å². The summed E-state index contributed by atoms with van der Waals surface area (Å²) >= 11 is 0. The van der Waals surface area contributed by atoms with Gasteiger partial charge in [0.05, 0.1) is 12.0 Å². The number of benzene rings is 1. The molecule has 0 bridgehead atoms. The van der Waals surface area contributed by atoms with Gasteiger partial charge < -0.3 is 15.4 Å². The van der Waals surface area contributed by atoms with E-state index in [1.165, 1.54) is 0 Å². The minimum atomic E-state index is -0.438. The summed E-state index contributed by atoms with van der Waals surface area (Å²) in [6.45, 7) is 7.00. The van der Waals surface area contributed by atoms with Crippen LogP contribution in [0, 0.1) is 0 Å². The van der Waals surface area contributed by atoms with Crippen molar-refractivity contribution in [2.45, 2.75) is 39.3 Å². The number of nitrogens with two attached hydrogens (primary N) is 1. The number of methoxy groups -OCH3 is 1. The summed E-state index contributed by atoms with van der Waals surface area (Å²) in [6.07, 6.45) is 0.365. The second kappa shape index (κ2) is 6.57. The topological polar surface area (TPSA) is 55.6 Å². The molecule has 0 aliphatic heterocycles. The van der Waals surface area contributed by atoms with Gasteiger partial charge in [-0.3, -0.25) is 4.79 Å². The van der Waals surface area contributed by atoms with Crippen LogP contribution in [0.4, 0.5) is 5.69 Å². The molecule has 2 N–H and O–H groups in total. The number of carbonyl (C=O) groups excluding carboxylic acids is 1. The highest BCUT2D eigenvalue weighted by atomic mass is 16.5. The van der Waals surface area contributed by atoms with E-state index in [2.05, 4.69) is 0 Å². The van der Waals surface area contributed by atoms with Crippen LogP contribution >= 0.6 is 0 Å². The van der Waals surface area contributed by atoms with E-state index in [1.54, 1.807) is 12.0 Å². The van der Waals surface area contributed by atoms with Crippen LogP contribution in [0.3, 0.4) is 0 Å². The van der Waals surface area contributed by atoms with Gasteiger partial charge in [-0.2, -0.15) is 0 Å². The van der Waals surface area contributed by atoms with E-state index in [0.717, 1.165) is 11.3 Å². The average Bonchev–Trinajstić information content (AvgIpc) is 2.37. The van der Waals surface area contributed by atoms with Gasteiger partial charge in [-0.15, -0.1) is 0 Å². The molecule has 0 heterocycles. The molecular formula is C15H24N2O2. The zero-order valence-corrected chi connectivity index (χ0v) is 12.3. The van der Waals surface area contributed by atoms with Crippen molar-refractivity contribution < 1.29 is 9.53 Å². The Hall–Kier alpha value is -1.55. The minimum Gasteiger partial charge on any atom is -0.398 e. The summed E-state index contributed by atoms with van der Waals surface area (Å²) in [6, 6.07) is 7.63. The van der Waals surface area contributed by atoms with Gasteiger partial charge in [0.25, 0.3) is 0 Å². The first kappa shape index (κ1) is 15.5. The molecule has 0 fully saturated rings. The highest BCUT2D eigenvalue weighted by molar-refractivity contribution is 5.77. The third-order valence-electron chi connectivity index (χ3n) is 3.28. The fourth-order valence-electron chi connectivity index (χ4n) is 1.81. The smallest absolute Gasteiger partial charge is 0.225 e. The van der Waals surface area contributed by atoms with E-state index >= 15 is 0 Å². The zero-order valence-electron chi connectivity index (χ0n) is 12.3. The van der Waals surface area contributed by atoms with Gasteiger partial charge in [-0.1, -0.05) is 18.2 Å². The van der Waals surface area contributed by atoms with Crippen LogP contribution in [0.25, 0.3) is 0 Å². The number of amides is 1. The summed E-state index contributed by atoms with van der Waals surface area (Å²) in [7, 11) is 1.62. The molecule has 0 atom stereocenters. The van der Waals surface area contributed by atoms with Gasteiger partial charge >= 0.3 is 0 Å². The summed E-state index contributed by atoms with van der Waals surface area (Å²) in [5.74, 6) is 0.0811. The summed E-state index contributed by atoms with van der Waals surface area (Å²) < 4.78 is 5.30. The molecule has 1 aromatic carbocycles. The molecule has 19 heavy (non-hydrogen) atoms. The quantitative estimate of drug-likeness (QED) is 0.803. The van der Waals surface area contributed by atoms with E-state index in [9.17, 15) is 4.79 Å². The summed E-state index contributed by atoms with van der Waals surface area (Å²) in [5, 5.41) is 0. The average molecular weight is 264 g/mol. The van der Waals surface area contributed by atoms with E-state index in [1.807, 2.05) is 45.0 Å². The van der Waals surface area contributed by atoms with Gasteiger partial charge in [-0.25, -0.2) is 0 Å². The molecule has 1 rings (SSSR count). The lowest BCUT2D eigenvalue weighted by atomic mass is 10.0. The van der Waals surface area contributed by atoms with Crippen LogP contribution in [0.2, 0.25) is 0 Å². The number of ether oxygens (including phenoxy) is 1. The molecule has 0 spiro atoms. The van der Waals surface area contributed by atoms with E-state index < -0.39 is 5.60 Å². The predicted octanol–water partition coefficient (Wildman–Crippen LogP) is 2.43. The lowest BCUT2D eigenvalue weighted by Crippen LogP contribution is -2.37. The standard InChI is InChI=1S/C15H24N2O2/c1-5-17(14(18)10-15(2,3)19-4)11-12-8-6-7-9-13(12)16/h6-9H,5,10-11,16H2,1-4H3. The maximum atomic E-state index is 12.3. The van der Waals surface area contributed by atoms with Crippen LogP contribution in [-0.2, 0) is 16.1 Å². The zero-order chi connectivity index (χ0) is 14.5. The monoisotopic (exact) mass is 264 g/mol. The molecule has 1 aromatic rings. The van der Waals surface area contributed by atoms with Crippen molar-refractivity contribution in [2.75, 3.05) is 19.4 Å². The predicted molar refractivity (Wildman–Crippen MR) is 77.7 cm³/mol. The van der Waals surface area contributed by atoms with Gasteiger partial charge in [-0.05, 0) is 32.4 Å². The number of anilines is 1. The van der Waals surface area contributed by atoms with Gasteiger partial charge in [0.1, 0.15) is 0 Å². The number of hydrogen-bond acceptors (Lipinski definition) is 3. The third kappa shape index (κ3) is 4.56. The fraction of sp³-hybridized carbons (Fsp3) is 0.533. The van der Waals surface area contributed by atoms with Crippen LogP contribution < -0.4 is 5.73 Å². The maximum Gasteiger partial charge on any atom is 0.225 e. The second-order valence-electron chi connectivity index (χ2n) is 5.25. The Morgan fingerprint density at radius 3 is 2.53 bits per heavy atom. The summed E-state index contributed by atoms with van der Waals surface area (Å²) in [4.78, 5) is 14.1. The Kier molecular flexibility index (Phi) is 5.36. The van der Waals surface area contributed by atoms with E-state index in [-0.39, 0.29) is 5.91 Å². The van der Waals surface area contributed by atoms with Crippen molar-refractivity contribution in [3.05, 3.63) is 29.8 Å². The molecule has 0 saturated carbocycles. The van der Waals surface area contributed by atoms with Crippen molar-refractivity contribution >= 4 is 11.6 Å². The molecule has 4 heteroatoms. The maximum absolute atomic E-state index is 12.3. The molecule has 0 aromatic heterocycles. The number of nitrogen functional groups attached to an aromatic ring is 1. The number of rotatable bonds is 6. The third-order valence-corrected chi connectivity index (χ3v) is 3.28. The first-order valence-corrected chi connectivity index (χ1v) is 6.56. The van der Waals surface area contributed by atoms with Crippen molar-refractivity contribution in [1.29, 1.82) is 0 Å². The second-order valence-corrected chi connectivity index (χ2v) is 5.25. The van der Waals surface area contributed by atoms with Crippen LogP contribution in [0.5, 0.6) is 0 Å². The summed E-state index contributed by atoms with van der Waals surface area (Å²) in [5.41, 5.74) is 7.18. The molecule has 0 aliphatic carbocycles. The number of nitrogens with zero attached hydrogens (tertiary/aromatic N) is 1. The molecule has 0 aliphatic rings. The Labute approximate surface area is 115 Å². The van der Waals surface area contributed by atoms with Gasteiger partial charge in [0.2, 0.25) is 5.91 Å².